The molecule has 0 atom stereocenters. The number of carbonyl (C=O) groups is 1. The largest absolute Gasteiger partial charge is 0.416 e. The molecule has 118 valence electrons. The predicted molar refractivity (Wildman–Crippen MR) is 65.4 cm³/mol. The van der Waals surface area contributed by atoms with Crippen molar-refractivity contribution in [3.8, 4) is 0 Å². The lowest BCUT2D eigenvalue weighted by Gasteiger charge is -2.15. The van der Waals surface area contributed by atoms with Gasteiger partial charge < -0.3 is 4.57 Å². The molecule has 0 aliphatic carbocycles. The van der Waals surface area contributed by atoms with E-state index in [-0.39, 0.29) is 23.9 Å². The molecule has 0 saturated carbocycles. The smallest absolute Gasteiger partial charge is 0.341 e. The minimum atomic E-state index is -4.89. The Morgan fingerprint density at radius 3 is 1.95 bits per heavy atom. The Kier molecular flexibility index (Phi) is 4.04. The molecule has 2 nitrogen and oxygen atoms in total. The van der Waals surface area contributed by atoms with Crippen LogP contribution in [0.4, 0.5) is 26.3 Å². The molecular formula is C14H9F6NO. The van der Waals surface area contributed by atoms with Gasteiger partial charge in [-0.25, -0.2) is 0 Å². The van der Waals surface area contributed by atoms with Gasteiger partial charge in [0, 0.05) is 12.7 Å². The highest BCUT2D eigenvalue weighted by Crippen LogP contribution is 2.36. The van der Waals surface area contributed by atoms with Crippen molar-refractivity contribution < 1.29 is 31.1 Å². The van der Waals surface area contributed by atoms with Crippen LogP contribution in [0.5, 0.6) is 0 Å². The van der Waals surface area contributed by atoms with Gasteiger partial charge in [0.2, 0.25) is 0 Å². The van der Waals surface area contributed by atoms with Gasteiger partial charge in [-0.3, -0.25) is 4.79 Å². The van der Waals surface area contributed by atoms with E-state index in [4.69, 9.17) is 0 Å². The zero-order chi connectivity index (χ0) is 16.5. The van der Waals surface area contributed by atoms with Gasteiger partial charge in [-0.05, 0) is 35.9 Å². The lowest BCUT2D eigenvalue weighted by Crippen LogP contribution is -2.13. The van der Waals surface area contributed by atoms with E-state index >= 15 is 0 Å². The minimum absolute atomic E-state index is 0.0692. The third kappa shape index (κ3) is 3.49. The summed E-state index contributed by atoms with van der Waals surface area (Å²) in [6, 6.07) is 4.24. The summed E-state index contributed by atoms with van der Waals surface area (Å²) >= 11 is 0. The summed E-state index contributed by atoms with van der Waals surface area (Å²) in [5, 5.41) is 0. The zero-order valence-electron chi connectivity index (χ0n) is 10.9. The van der Waals surface area contributed by atoms with Crippen LogP contribution in [0.1, 0.15) is 27.2 Å². The highest BCUT2D eigenvalue weighted by molar-refractivity contribution is 5.72. The molecule has 0 aliphatic rings. The van der Waals surface area contributed by atoms with Crippen LogP contribution < -0.4 is 0 Å². The number of alkyl halides is 6. The van der Waals surface area contributed by atoms with Crippen LogP contribution in [0.3, 0.4) is 0 Å². The second kappa shape index (κ2) is 5.51. The van der Waals surface area contributed by atoms with Crippen LogP contribution in [0.25, 0.3) is 0 Å². The van der Waals surface area contributed by atoms with Crippen molar-refractivity contribution in [1.82, 2.24) is 4.57 Å². The Morgan fingerprint density at radius 1 is 0.955 bits per heavy atom. The summed E-state index contributed by atoms with van der Waals surface area (Å²) in [6.07, 6.45) is -7.91. The van der Waals surface area contributed by atoms with Crippen LogP contribution in [-0.4, -0.2) is 10.9 Å². The van der Waals surface area contributed by atoms with Gasteiger partial charge in [-0.1, -0.05) is 0 Å². The first-order valence-corrected chi connectivity index (χ1v) is 6.00. The van der Waals surface area contributed by atoms with Crippen molar-refractivity contribution in [3.05, 3.63) is 58.9 Å². The van der Waals surface area contributed by atoms with Gasteiger partial charge in [0.25, 0.3) is 0 Å². The van der Waals surface area contributed by atoms with Crippen molar-refractivity contribution in [1.29, 1.82) is 0 Å². The Morgan fingerprint density at radius 2 is 1.50 bits per heavy atom. The molecular weight excluding hydrogens is 312 g/mol. The third-order valence-electron chi connectivity index (χ3n) is 2.99. The number of hydrogen-bond acceptors (Lipinski definition) is 1. The summed E-state index contributed by atoms with van der Waals surface area (Å²) in [7, 11) is 0. The van der Waals surface area contributed by atoms with Gasteiger partial charge in [0.05, 0.1) is 16.8 Å². The first-order chi connectivity index (χ1) is 10.1. The molecule has 0 N–H and O–H groups in total. The molecule has 2 aromatic rings. The number of carbonyl (C=O) groups excluding carboxylic acids is 1. The highest BCUT2D eigenvalue weighted by atomic mass is 19.4. The average molecular weight is 321 g/mol. The van der Waals surface area contributed by atoms with Crippen LogP contribution in [0.15, 0.2) is 36.5 Å². The van der Waals surface area contributed by atoms with Gasteiger partial charge in [-0.15, -0.1) is 0 Å². The molecule has 0 fully saturated rings. The van der Waals surface area contributed by atoms with Crippen LogP contribution in [0, 0.1) is 0 Å². The van der Waals surface area contributed by atoms with Crippen molar-refractivity contribution in [3.63, 3.8) is 0 Å². The number of aromatic nitrogens is 1. The molecule has 0 bridgehead atoms. The molecule has 0 spiro atoms. The maximum atomic E-state index is 12.7. The average Bonchev–Trinajstić information content (AvgIpc) is 2.83. The second-order valence-corrected chi connectivity index (χ2v) is 4.59. The SMILES string of the molecule is O=Cc1cccn1Cc1cc(C(F)(F)F)cc(C(F)(F)F)c1. The fraction of sp³-hybridized carbons (Fsp3) is 0.214. The molecule has 0 aliphatic heterocycles. The quantitative estimate of drug-likeness (QED) is 0.607. The number of rotatable bonds is 3. The first-order valence-electron chi connectivity index (χ1n) is 6.00. The van der Waals surface area contributed by atoms with E-state index in [9.17, 15) is 31.1 Å². The van der Waals surface area contributed by atoms with E-state index in [0.717, 1.165) is 0 Å². The third-order valence-corrected chi connectivity index (χ3v) is 2.99. The molecule has 0 radical (unpaired) electrons. The Balaban J connectivity index is 2.49. The van der Waals surface area contributed by atoms with E-state index in [0.29, 0.717) is 18.4 Å². The van der Waals surface area contributed by atoms with Gasteiger partial charge in [-0.2, -0.15) is 26.3 Å². The lowest BCUT2D eigenvalue weighted by atomic mass is 10.0. The maximum Gasteiger partial charge on any atom is 0.416 e. The Bertz CT molecular complexity index is 651. The first kappa shape index (κ1) is 16.1. The van der Waals surface area contributed by atoms with Crippen LogP contribution >= 0.6 is 0 Å². The molecule has 0 saturated heterocycles. The molecule has 1 aromatic carbocycles. The predicted octanol–water partition coefficient (Wildman–Crippen LogP) is 4.39. The summed E-state index contributed by atoms with van der Waals surface area (Å²) < 4.78 is 77.6. The van der Waals surface area contributed by atoms with E-state index in [1.54, 1.807) is 0 Å². The molecule has 0 amide bonds. The van der Waals surface area contributed by atoms with Crippen molar-refractivity contribution >= 4 is 6.29 Å². The standard InChI is InChI=1S/C14H9F6NO/c15-13(16,17)10-4-9(5-11(6-10)14(18,19)20)7-21-3-1-2-12(21)8-22/h1-6,8H,7H2. The fourth-order valence-electron chi connectivity index (χ4n) is 1.99. The molecule has 8 heteroatoms. The van der Waals surface area contributed by atoms with E-state index in [1.165, 1.54) is 22.9 Å². The van der Waals surface area contributed by atoms with E-state index in [2.05, 4.69) is 0 Å². The fourth-order valence-corrected chi connectivity index (χ4v) is 1.99. The second-order valence-electron chi connectivity index (χ2n) is 4.59. The highest BCUT2D eigenvalue weighted by Gasteiger charge is 2.36. The Labute approximate surface area is 121 Å². The number of aldehydes is 1. The van der Waals surface area contributed by atoms with E-state index < -0.39 is 23.5 Å². The number of halogens is 6. The number of benzene rings is 1. The monoisotopic (exact) mass is 321 g/mol. The van der Waals surface area contributed by atoms with Gasteiger partial charge in [0.15, 0.2) is 6.29 Å². The zero-order valence-corrected chi connectivity index (χ0v) is 10.9. The number of nitrogens with zero attached hydrogens (tertiary/aromatic N) is 1. The van der Waals surface area contributed by atoms with Crippen molar-refractivity contribution in [2.45, 2.75) is 18.9 Å². The summed E-state index contributed by atoms with van der Waals surface area (Å²) in [5.41, 5.74) is -2.79. The van der Waals surface area contributed by atoms with Crippen molar-refractivity contribution in [2.75, 3.05) is 0 Å². The minimum Gasteiger partial charge on any atom is -0.341 e. The Hall–Kier alpha value is -2.25. The van der Waals surface area contributed by atoms with Crippen LogP contribution in [0.2, 0.25) is 0 Å². The summed E-state index contributed by atoms with van der Waals surface area (Å²) in [6.45, 7) is -0.270. The van der Waals surface area contributed by atoms with Gasteiger partial charge in [0.1, 0.15) is 0 Å². The molecule has 0 unspecified atom stereocenters. The molecule has 1 aromatic heterocycles. The number of hydrogen-bond donors (Lipinski definition) is 0. The molecule has 1 heterocycles. The topological polar surface area (TPSA) is 22.0 Å². The molecule has 22 heavy (non-hydrogen) atoms. The lowest BCUT2D eigenvalue weighted by molar-refractivity contribution is -0.143. The van der Waals surface area contributed by atoms with E-state index in [1.807, 2.05) is 0 Å². The molecule has 2 rings (SSSR count). The van der Waals surface area contributed by atoms with Crippen molar-refractivity contribution in [2.24, 2.45) is 0 Å². The summed E-state index contributed by atoms with van der Waals surface area (Å²) in [5.74, 6) is 0. The maximum absolute atomic E-state index is 12.7. The summed E-state index contributed by atoms with van der Waals surface area (Å²) in [4.78, 5) is 10.8. The van der Waals surface area contributed by atoms with Gasteiger partial charge >= 0.3 is 12.4 Å². The normalized spacial score (nSPS) is 12.5. The van der Waals surface area contributed by atoms with Crippen LogP contribution in [-0.2, 0) is 18.9 Å².